The molecule has 2 rings (SSSR count). The molecule has 0 radical (unpaired) electrons. The Bertz CT molecular complexity index is 455. The average Bonchev–Trinajstić information content (AvgIpc) is 2.77. The van der Waals surface area contributed by atoms with E-state index in [2.05, 4.69) is 28.2 Å². The summed E-state index contributed by atoms with van der Waals surface area (Å²) in [6, 6.07) is 5.84. The van der Waals surface area contributed by atoms with E-state index in [4.69, 9.17) is 0 Å². The van der Waals surface area contributed by atoms with E-state index in [0.29, 0.717) is 0 Å². The Morgan fingerprint density at radius 3 is 3.00 bits per heavy atom. The second-order valence-corrected chi connectivity index (χ2v) is 7.60. The van der Waals surface area contributed by atoms with E-state index in [9.17, 15) is 4.79 Å². The van der Waals surface area contributed by atoms with Crippen molar-refractivity contribution in [1.82, 2.24) is 5.32 Å². The van der Waals surface area contributed by atoms with Gasteiger partial charge in [0.1, 0.15) is 0 Å². The summed E-state index contributed by atoms with van der Waals surface area (Å²) >= 11 is 5.39. The molecule has 1 amide bonds. The fourth-order valence-electron chi connectivity index (χ4n) is 2.15. The summed E-state index contributed by atoms with van der Waals surface area (Å²) in [6.45, 7) is 4.98. The molecule has 1 saturated heterocycles. The van der Waals surface area contributed by atoms with Gasteiger partial charge in [-0.1, -0.05) is 11.6 Å². The number of benzene rings is 1. The Kier molecular flexibility index (Phi) is 4.38. The van der Waals surface area contributed by atoms with Gasteiger partial charge in [-0.15, -0.1) is 0 Å². The number of thioether (sulfide) groups is 1. The van der Waals surface area contributed by atoms with Crippen LogP contribution < -0.4 is 5.32 Å². The van der Waals surface area contributed by atoms with E-state index in [1.807, 2.05) is 36.9 Å². The van der Waals surface area contributed by atoms with Gasteiger partial charge in [0, 0.05) is 15.8 Å². The zero-order chi connectivity index (χ0) is 13.2. The molecule has 18 heavy (non-hydrogen) atoms. The highest BCUT2D eigenvalue weighted by Crippen LogP contribution is 2.37. The van der Waals surface area contributed by atoms with Crippen molar-refractivity contribution in [3.63, 3.8) is 0 Å². The normalized spacial score (nSPS) is 23.1. The third-order valence-corrected chi connectivity index (χ3v) is 5.52. The second kappa shape index (κ2) is 5.66. The molecule has 1 fully saturated rings. The first-order valence-corrected chi connectivity index (χ1v) is 7.96. The summed E-state index contributed by atoms with van der Waals surface area (Å²) < 4.78 is 1.07. The number of halogens is 1. The molecule has 0 spiro atoms. The van der Waals surface area contributed by atoms with Crippen molar-refractivity contribution in [2.24, 2.45) is 0 Å². The number of rotatable bonds is 3. The van der Waals surface area contributed by atoms with Gasteiger partial charge < -0.3 is 5.32 Å². The summed E-state index contributed by atoms with van der Waals surface area (Å²) in [5.74, 6) is 1.22. The van der Waals surface area contributed by atoms with E-state index < -0.39 is 0 Å². The molecule has 1 aliphatic rings. The van der Waals surface area contributed by atoms with Crippen molar-refractivity contribution in [3.05, 3.63) is 33.8 Å². The maximum absolute atomic E-state index is 12.2. The molecular formula is C14H18BrNOS. The molecule has 0 aromatic heterocycles. The largest absolute Gasteiger partial charge is 0.351 e. The van der Waals surface area contributed by atoms with Gasteiger partial charge in [0.15, 0.2) is 0 Å². The van der Waals surface area contributed by atoms with Crippen molar-refractivity contribution < 1.29 is 4.79 Å². The van der Waals surface area contributed by atoms with E-state index in [0.717, 1.165) is 22.1 Å². The quantitative estimate of drug-likeness (QED) is 0.915. The van der Waals surface area contributed by atoms with Crippen LogP contribution in [0.25, 0.3) is 0 Å². The molecule has 1 aliphatic heterocycles. The van der Waals surface area contributed by atoms with Crippen LogP contribution in [-0.4, -0.2) is 23.0 Å². The van der Waals surface area contributed by atoms with Gasteiger partial charge in [0.05, 0.1) is 5.56 Å². The number of hydrogen-bond acceptors (Lipinski definition) is 2. The Hall–Kier alpha value is -0.480. The number of amides is 1. The van der Waals surface area contributed by atoms with Crippen LogP contribution in [0.15, 0.2) is 22.7 Å². The van der Waals surface area contributed by atoms with E-state index in [1.54, 1.807) is 0 Å². The van der Waals surface area contributed by atoms with Crippen LogP contribution in [-0.2, 0) is 0 Å². The van der Waals surface area contributed by atoms with Gasteiger partial charge in [0.2, 0.25) is 0 Å². The number of nitrogens with one attached hydrogen (secondary N) is 1. The molecule has 0 saturated carbocycles. The van der Waals surface area contributed by atoms with E-state index >= 15 is 0 Å². The van der Waals surface area contributed by atoms with Crippen LogP contribution in [0.1, 0.15) is 35.7 Å². The standard InChI is InChI=1S/C14H18BrNOS/c1-10-4-5-12(15)11(8-10)13(17)16-9-14(2)6-3-7-18-14/h4-5,8H,3,6-7,9H2,1-2H3,(H,16,17). The molecule has 2 nitrogen and oxygen atoms in total. The fraction of sp³-hybridized carbons (Fsp3) is 0.500. The van der Waals surface area contributed by atoms with Gasteiger partial charge >= 0.3 is 0 Å². The molecule has 1 N–H and O–H groups in total. The lowest BCUT2D eigenvalue weighted by Crippen LogP contribution is -2.36. The summed E-state index contributed by atoms with van der Waals surface area (Å²) in [6.07, 6.45) is 2.44. The van der Waals surface area contributed by atoms with Gasteiger partial charge in [0.25, 0.3) is 5.91 Å². The SMILES string of the molecule is Cc1ccc(Br)c(C(=O)NCC2(C)CCCS2)c1. The Morgan fingerprint density at radius 2 is 2.33 bits per heavy atom. The maximum atomic E-state index is 12.2. The molecular weight excluding hydrogens is 310 g/mol. The average molecular weight is 328 g/mol. The first-order valence-electron chi connectivity index (χ1n) is 6.18. The maximum Gasteiger partial charge on any atom is 0.252 e. The number of carbonyl (C=O) groups excluding carboxylic acids is 1. The molecule has 1 aromatic rings. The van der Waals surface area contributed by atoms with Crippen LogP contribution in [0.5, 0.6) is 0 Å². The monoisotopic (exact) mass is 327 g/mol. The molecule has 1 atom stereocenters. The lowest BCUT2D eigenvalue weighted by atomic mass is 10.1. The van der Waals surface area contributed by atoms with Crippen LogP contribution in [0.3, 0.4) is 0 Å². The zero-order valence-electron chi connectivity index (χ0n) is 10.8. The molecule has 1 unspecified atom stereocenters. The predicted molar refractivity (Wildman–Crippen MR) is 81.3 cm³/mol. The van der Waals surface area contributed by atoms with Crippen molar-refractivity contribution in [1.29, 1.82) is 0 Å². The molecule has 0 bridgehead atoms. The highest BCUT2D eigenvalue weighted by atomic mass is 79.9. The topological polar surface area (TPSA) is 29.1 Å². The number of carbonyl (C=O) groups is 1. The number of aryl methyl sites for hydroxylation is 1. The second-order valence-electron chi connectivity index (χ2n) is 5.07. The lowest BCUT2D eigenvalue weighted by molar-refractivity contribution is 0.0949. The van der Waals surface area contributed by atoms with E-state index in [-0.39, 0.29) is 10.7 Å². The molecule has 98 valence electrons. The Balaban J connectivity index is 2.01. The zero-order valence-corrected chi connectivity index (χ0v) is 13.2. The van der Waals surface area contributed by atoms with Crippen LogP contribution in [0, 0.1) is 6.92 Å². The van der Waals surface area contributed by atoms with Crippen LogP contribution in [0.4, 0.5) is 0 Å². The molecule has 4 heteroatoms. The fourth-order valence-corrected chi connectivity index (χ4v) is 3.82. The molecule has 1 heterocycles. The Morgan fingerprint density at radius 1 is 1.56 bits per heavy atom. The minimum absolute atomic E-state index is 0.0132. The summed E-state index contributed by atoms with van der Waals surface area (Å²) in [4.78, 5) is 12.2. The highest BCUT2D eigenvalue weighted by Gasteiger charge is 2.29. The lowest BCUT2D eigenvalue weighted by Gasteiger charge is -2.23. The van der Waals surface area contributed by atoms with Gasteiger partial charge in [-0.2, -0.15) is 11.8 Å². The highest BCUT2D eigenvalue weighted by molar-refractivity contribution is 9.10. The third kappa shape index (κ3) is 3.29. The smallest absolute Gasteiger partial charge is 0.252 e. The first kappa shape index (κ1) is 13.9. The van der Waals surface area contributed by atoms with Crippen LogP contribution >= 0.6 is 27.7 Å². The first-order chi connectivity index (χ1) is 8.50. The summed E-state index contributed by atoms with van der Waals surface area (Å²) in [5, 5.41) is 3.06. The minimum Gasteiger partial charge on any atom is -0.351 e. The predicted octanol–water partition coefficient (Wildman–Crippen LogP) is 3.77. The third-order valence-electron chi connectivity index (χ3n) is 3.29. The van der Waals surface area contributed by atoms with Gasteiger partial charge in [-0.3, -0.25) is 4.79 Å². The van der Waals surface area contributed by atoms with Crippen molar-refractivity contribution in [2.45, 2.75) is 31.4 Å². The van der Waals surface area contributed by atoms with Crippen LogP contribution in [0.2, 0.25) is 0 Å². The van der Waals surface area contributed by atoms with Crippen molar-refractivity contribution in [3.8, 4) is 0 Å². The summed E-state index contributed by atoms with van der Waals surface area (Å²) in [5.41, 5.74) is 1.83. The van der Waals surface area contributed by atoms with Gasteiger partial charge in [-0.05, 0) is 60.5 Å². The van der Waals surface area contributed by atoms with Crippen molar-refractivity contribution in [2.75, 3.05) is 12.3 Å². The Labute approximate surface area is 121 Å². The molecule has 0 aliphatic carbocycles. The number of hydrogen-bond donors (Lipinski definition) is 1. The van der Waals surface area contributed by atoms with Crippen molar-refractivity contribution >= 4 is 33.6 Å². The molecule has 1 aromatic carbocycles. The summed E-state index contributed by atoms with van der Waals surface area (Å²) in [7, 11) is 0. The van der Waals surface area contributed by atoms with E-state index in [1.165, 1.54) is 18.6 Å². The minimum atomic E-state index is 0.0132. The van der Waals surface area contributed by atoms with Gasteiger partial charge in [-0.25, -0.2) is 0 Å².